The summed E-state index contributed by atoms with van der Waals surface area (Å²) in [4.78, 5) is 5.27. The van der Waals surface area contributed by atoms with Crippen molar-refractivity contribution in [2.24, 2.45) is 4.99 Å². The van der Waals surface area contributed by atoms with E-state index in [0.29, 0.717) is 23.7 Å². The van der Waals surface area contributed by atoms with Gasteiger partial charge in [0.1, 0.15) is 0 Å². The van der Waals surface area contributed by atoms with Crippen molar-refractivity contribution in [3.05, 3.63) is 58.7 Å². The Kier molecular flexibility index (Phi) is 8.14. The molecule has 0 amide bonds. The molecule has 2 aromatic carbocycles. The maximum absolute atomic E-state index is 5.27. The largest absolute Gasteiger partial charge is 0.374 e. The molecule has 170 valence electrons. The molecule has 0 unspecified atom stereocenters. The Morgan fingerprint density at radius 1 is 0.677 bits per heavy atom. The zero-order valence-corrected chi connectivity index (χ0v) is 21.7. The number of aliphatic imine (C=N–C) groups is 1. The summed E-state index contributed by atoms with van der Waals surface area (Å²) in [6, 6.07) is 13.3. The van der Waals surface area contributed by atoms with Gasteiger partial charge in [-0.2, -0.15) is 0 Å². The smallest absolute Gasteiger partial charge is 0.0699 e. The van der Waals surface area contributed by atoms with Crippen LogP contribution in [0.15, 0.2) is 41.4 Å². The van der Waals surface area contributed by atoms with Crippen molar-refractivity contribution in [3.8, 4) is 0 Å². The summed E-state index contributed by atoms with van der Waals surface area (Å²) in [6.45, 7) is 24.8. The fraction of sp³-hybridized carbons (Fsp3) is 0.552. The Bertz CT molecular complexity index is 862. The molecule has 2 nitrogen and oxygen atoms in total. The lowest BCUT2D eigenvalue weighted by atomic mass is 9.89. The molecule has 0 atom stereocenters. The predicted molar refractivity (Wildman–Crippen MR) is 140 cm³/mol. The van der Waals surface area contributed by atoms with Gasteiger partial charge < -0.3 is 5.32 Å². The van der Waals surface area contributed by atoms with Crippen molar-refractivity contribution < 1.29 is 0 Å². The van der Waals surface area contributed by atoms with Gasteiger partial charge in [-0.05, 0) is 66.7 Å². The molecule has 2 rings (SSSR count). The van der Waals surface area contributed by atoms with Gasteiger partial charge in [0.15, 0.2) is 0 Å². The van der Waals surface area contributed by atoms with Gasteiger partial charge in [-0.25, -0.2) is 0 Å². The van der Waals surface area contributed by atoms with Crippen LogP contribution in [-0.4, -0.2) is 11.3 Å². The van der Waals surface area contributed by atoms with Crippen molar-refractivity contribution >= 4 is 17.1 Å². The van der Waals surface area contributed by atoms with E-state index < -0.39 is 0 Å². The molecule has 2 aromatic rings. The normalized spacial score (nSPS) is 13.1. The lowest BCUT2D eigenvalue weighted by molar-refractivity contribution is 0.736. The van der Waals surface area contributed by atoms with Crippen LogP contribution in [0.4, 0.5) is 11.4 Å². The van der Waals surface area contributed by atoms with Crippen LogP contribution >= 0.6 is 0 Å². The molecule has 0 bridgehead atoms. The third-order valence-corrected chi connectivity index (χ3v) is 6.34. The van der Waals surface area contributed by atoms with Gasteiger partial charge in [-0.15, -0.1) is 0 Å². The highest BCUT2D eigenvalue weighted by Gasteiger charge is 2.26. The third kappa shape index (κ3) is 5.79. The van der Waals surface area contributed by atoms with Crippen LogP contribution in [-0.2, 0) is 0 Å². The van der Waals surface area contributed by atoms with E-state index in [2.05, 4.69) is 118 Å². The lowest BCUT2D eigenvalue weighted by Crippen LogP contribution is -2.39. The maximum Gasteiger partial charge on any atom is 0.0699 e. The summed E-state index contributed by atoms with van der Waals surface area (Å²) < 4.78 is 0. The van der Waals surface area contributed by atoms with Gasteiger partial charge in [-0.1, -0.05) is 91.8 Å². The zero-order valence-electron chi connectivity index (χ0n) is 21.7. The van der Waals surface area contributed by atoms with Crippen molar-refractivity contribution in [3.63, 3.8) is 0 Å². The Hall–Kier alpha value is -2.09. The number of para-hydroxylation sites is 2. The molecular weight excluding hydrogens is 376 g/mol. The topological polar surface area (TPSA) is 24.4 Å². The van der Waals surface area contributed by atoms with Crippen LogP contribution < -0.4 is 5.32 Å². The van der Waals surface area contributed by atoms with Crippen LogP contribution in [0.2, 0.25) is 0 Å². The molecule has 0 heterocycles. The Morgan fingerprint density at radius 3 is 1.39 bits per heavy atom. The minimum atomic E-state index is -0.271. The van der Waals surface area contributed by atoms with Crippen molar-refractivity contribution in [2.75, 3.05) is 5.32 Å². The number of nitrogens with zero attached hydrogens (tertiary/aromatic N) is 1. The Balaban J connectivity index is 2.58. The number of nitrogens with one attached hydrogen (secondary N) is 1. The van der Waals surface area contributed by atoms with E-state index in [-0.39, 0.29) is 5.54 Å². The molecule has 0 aliphatic heterocycles. The first-order valence-corrected chi connectivity index (χ1v) is 12.0. The summed E-state index contributed by atoms with van der Waals surface area (Å²) in [6.07, 6.45) is 0. The highest BCUT2D eigenvalue weighted by molar-refractivity contribution is 5.96. The van der Waals surface area contributed by atoms with Crippen LogP contribution in [0.25, 0.3) is 0 Å². The highest BCUT2D eigenvalue weighted by atomic mass is 15.0. The number of rotatable bonds is 8. The van der Waals surface area contributed by atoms with Crippen molar-refractivity contribution in [1.29, 1.82) is 0 Å². The predicted octanol–water partition coefficient (Wildman–Crippen LogP) is 9.16. The first-order valence-electron chi connectivity index (χ1n) is 12.0. The molecule has 0 fully saturated rings. The van der Waals surface area contributed by atoms with Crippen LogP contribution in [0.1, 0.15) is 122 Å². The van der Waals surface area contributed by atoms with E-state index in [9.17, 15) is 0 Å². The summed E-state index contributed by atoms with van der Waals surface area (Å²) in [7, 11) is 0. The number of hydrogen-bond donors (Lipinski definition) is 1. The first kappa shape index (κ1) is 25.2. The molecule has 2 heteroatoms. The number of benzene rings is 2. The molecule has 0 spiro atoms. The van der Waals surface area contributed by atoms with E-state index >= 15 is 0 Å². The molecule has 0 aliphatic carbocycles. The molecule has 0 saturated carbocycles. The van der Waals surface area contributed by atoms with Gasteiger partial charge in [0, 0.05) is 11.4 Å². The lowest BCUT2D eigenvalue weighted by Gasteiger charge is -2.32. The third-order valence-electron chi connectivity index (χ3n) is 6.34. The van der Waals surface area contributed by atoms with Crippen LogP contribution in [0.5, 0.6) is 0 Å². The van der Waals surface area contributed by atoms with E-state index in [0.717, 1.165) is 11.4 Å². The maximum atomic E-state index is 5.27. The second-order valence-corrected chi connectivity index (χ2v) is 10.7. The molecule has 31 heavy (non-hydrogen) atoms. The minimum Gasteiger partial charge on any atom is -0.374 e. The standard InChI is InChI=1S/C29H44N2/c1-18(2)23-14-12-15-24(19(3)4)27(23)30-22(9)29(10,11)31-28-25(20(5)6)16-13-17-26(28)21(7)8/h12-21,31H,1-11H3/b30-22+. The van der Waals surface area contributed by atoms with Gasteiger partial charge in [0.2, 0.25) is 0 Å². The van der Waals surface area contributed by atoms with Crippen molar-refractivity contribution in [2.45, 2.75) is 105 Å². The zero-order chi connectivity index (χ0) is 23.5. The second-order valence-electron chi connectivity index (χ2n) is 10.7. The SMILES string of the molecule is C/C(=N\c1c(C(C)C)cccc1C(C)C)C(C)(C)Nc1c(C(C)C)cccc1C(C)C. The fourth-order valence-corrected chi connectivity index (χ4v) is 4.05. The fourth-order valence-electron chi connectivity index (χ4n) is 4.05. The van der Waals surface area contributed by atoms with E-state index in [1.807, 2.05) is 0 Å². The number of hydrogen-bond acceptors (Lipinski definition) is 2. The van der Waals surface area contributed by atoms with E-state index in [1.165, 1.54) is 27.9 Å². The van der Waals surface area contributed by atoms with E-state index in [4.69, 9.17) is 4.99 Å². The Morgan fingerprint density at radius 2 is 1.03 bits per heavy atom. The van der Waals surface area contributed by atoms with Gasteiger partial charge in [0.25, 0.3) is 0 Å². The highest BCUT2D eigenvalue weighted by Crippen LogP contribution is 2.37. The molecule has 0 aliphatic rings. The van der Waals surface area contributed by atoms with Crippen LogP contribution in [0, 0.1) is 0 Å². The summed E-state index contributed by atoms with van der Waals surface area (Å²) in [5.41, 5.74) is 8.66. The second kappa shape index (κ2) is 10.0. The molecule has 0 radical (unpaired) electrons. The monoisotopic (exact) mass is 420 g/mol. The minimum absolute atomic E-state index is 0.271. The van der Waals surface area contributed by atoms with Gasteiger partial charge in [-0.3, -0.25) is 4.99 Å². The van der Waals surface area contributed by atoms with Gasteiger partial charge >= 0.3 is 0 Å². The first-order chi connectivity index (χ1) is 14.4. The summed E-state index contributed by atoms with van der Waals surface area (Å²) in [5.74, 6) is 1.80. The quantitative estimate of drug-likeness (QED) is 0.423. The average molecular weight is 421 g/mol. The average Bonchev–Trinajstić information content (AvgIpc) is 2.67. The molecule has 0 aromatic heterocycles. The van der Waals surface area contributed by atoms with Gasteiger partial charge in [0.05, 0.1) is 11.2 Å². The van der Waals surface area contributed by atoms with Crippen molar-refractivity contribution in [1.82, 2.24) is 0 Å². The number of anilines is 1. The van der Waals surface area contributed by atoms with Crippen LogP contribution in [0.3, 0.4) is 0 Å². The molecule has 0 saturated heterocycles. The Labute approximate surface area is 191 Å². The summed E-state index contributed by atoms with van der Waals surface area (Å²) >= 11 is 0. The summed E-state index contributed by atoms with van der Waals surface area (Å²) in [5, 5.41) is 3.90. The molecule has 1 N–H and O–H groups in total. The van der Waals surface area contributed by atoms with E-state index in [1.54, 1.807) is 0 Å². The molecular formula is C29H44N2.